The van der Waals surface area contributed by atoms with Gasteiger partial charge >= 0.3 is 23.9 Å². The van der Waals surface area contributed by atoms with Crippen molar-refractivity contribution >= 4 is 23.9 Å². The van der Waals surface area contributed by atoms with Crippen molar-refractivity contribution in [3.8, 4) is 45.6 Å². The van der Waals surface area contributed by atoms with Crippen molar-refractivity contribution < 1.29 is 57.1 Å². The third-order valence-corrected chi connectivity index (χ3v) is 9.73. The minimum absolute atomic E-state index is 0.104. The average Bonchev–Trinajstić information content (AvgIpc) is 3.30. The first-order valence-electron chi connectivity index (χ1n) is 21.0. The van der Waals surface area contributed by atoms with Crippen molar-refractivity contribution in [2.45, 2.75) is 52.7 Å². The van der Waals surface area contributed by atoms with Gasteiger partial charge in [0.05, 0.1) is 47.7 Å². The number of esters is 4. The summed E-state index contributed by atoms with van der Waals surface area (Å²) in [7, 11) is 0. The van der Waals surface area contributed by atoms with E-state index in [-0.39, 0.29) is 34.8 Å². The van der Waals surface area contributed by atoms with E-state index >= 15 is 0 Å². The van der Waals surface area contributed by atoms with Gasteiger partial charge in [-0.1, -0.05) is 24.3 Å². The van der Waals surface area contributed by atoms with E-state index in [9.17, 15) is 19.2 Å². The largest absolute Gasteiger partial charge is 0.493 e. The van der Waals surface area contributed by atoms with E-state index in [0.29, 0.717) is 60.6 Å². The molecule has 6 aromatic rings. The Hall–Kier alpha value is -7.28. The molecule has 2 atom stereocenters. The van der Waals surface area contributed by atoms with E-state index in [1.807, 2.05) is 27.7 Å². The number of hydrogen-bond acceptors (Lipinski definition) is 12. The maximum absolute atomic E-state index is 12.9. The average molecular weight is 867 g/mol. The molecule has 0 N–H and O–H groups in total. The molecule has 330 valence electrons. The zero-order valence-corrected chi connectivity index (χ0v) is 36.2. The van der Waals surface area contributed by atoms with Crippen LogP contribution in [0.4, 0.5) is 0 Å². The van der Waals surface area contributed by atoms with Gasteiger partial charge in [-0.15, -0.1) is 0 Å². The number of rotatable bonds is 21. The Morgan fingerprint density at radius 3 is 0.844 bits per heavy atom. The Bertz CT molecular complexity index is 2250. The SMILES string of the molecule is CCOC(C)CCOc1ccc(C(=O)Oc2ccc(C(=O)Oc3ccc(-c4ccc(OC(=O)c5ccc(OC(=O)c6ccc(OCCC(C)OCC)cc6)cc5)cc4)cc3)cc2)cc1. The molecule has 64 heavy (non-hydrogen) atoms. The summed E-state index contributed by atoms with van der Waals surface area (Å²) in [6, 6.07) is 39.5. The predicted octanol–water partition coefficient (Wildman–Crippen LogP) is 10.6. The molecule has 12 heteroatoms. The second kappa shape index (κ2) is 23.2. The van der Waals surface area contributed by atoms with Gasteiger partial charge < -0.3 is 37.9 Å². The number of carbonyl (C=O) groups is 4. The third kappa shape index (κ3) is 13.9. The van der Waals surface area contributed by atoms with Crippen molar-refractivity contribution in [3.63, 3.8) is 0 Å². The van der Waals surface area contributed by atoms with Gasteiger partial charge in [0.2, 0.25) is 0 Å². The van der Waals surface area contributed by atoms with Gasteiger partial charge in [0.1, 0.15) is 34.5 Å². The van der Waals surface area contributed by atoms with Crippen LogP contribution >= 0.6 is 0 Å². The lowest BCUT2D eigenvalue weighted by Gasteiger charge is -2.12. The highest BCUT2D eigenvalue weighted by Crippen LogP contribution is 2.27. The van der Waals surface area contributed by atoms with E-state index in [4.69, 9.17) is 37.9 Å². The Kier molecular flexibility index (Phi) is 16.8. The molecule has 0 saturated carbocycles. The Morgan fingerprint density at radius 2 is 0.594 bits per heavy atom. The highest BCUT2D eigenvalue weighted by Gasteiger charge is 2.15. The first-order valence-corrected chi connectivity index (χ1v) is 21.0. The Morgan fingerprint density at radius 1 is 0.359 bits per heavy atom. The number of ether oxygens (including phenoxy) is 8. The molecule has 2 unspecified atom stereocenters. The number of hydrogen-bond donors (Lipinski definition) is 0. The van der Waals surface area contributed by atoms with E-state index in [1.165, 1.54) is 48.5 Å². The van der Waals surface area contributed by atoms with Gasteiger partial charge in [0, 0.05) is 26.1 Å². The molecule has 6 rings (SSSR count). The summed E-state index contributed by atoms with van der Waals surface area (Å²) in [5.74, 6) is 0.260. The van der Waals surface area contributed by atoms with Crippen LogP contribution in [-0.2, 0) is 9.47 Å². The Balaban J connectivity index is 0.925. The quantitative estimate of drug-likeness (QED) is 0.0502. The molecule has 6 aromatic carbocycles. The number of carbonyl (C=O) groups excluding carboxylic acids is 4. The summed E-state index contributed by atoms with van der Waals surface area (Å²) in [6.45, 7) is 10.2. The summed E-state index contributed by atoms with van der Waals surface area (Å²) in [6.07, 6.45) is 1.71. The van der Waals surface area contributed by atoms with Crippen LogP contribution in [0.5, 0.6) is 34.5 Å². The fourth-order valence-electron chi connectivity index (χ4n) is 6.21. The van der Waals surface area contributed by atoms with Crippen molar-refractivity contribution in [1.29, 1.82) is 0 Å². The fraction of sp³-hybridized carbons (Fsp3) is 0.231. The summed E-state index contributed by atoms with van der Waals surface area (Å²) in [4.78, 5) is 51.2. The van der Waals surface area contributed by atoms with Crippen LogP contribution in [0.2, 0.25) is 0 Å². The van der Waals surface area contributed by atoms with E-state index in [1.54, 1.807) is 97.1 Å². The highest BCUT2D eigenvalue weighted by atomic mass is 16.6. The zero-order valence-electron chi connectivity index (χ0n) is 36.2. The maximum atomic E-state index is 12.9. The second-order valence-electron chi connectivity index (χ2n) is 14.5. The minimum Gasteiger partial charge on any atom is -0.493 e. The lowest BCUT2D eigenvalue weighted by molar-refractivity contribution is 0.0593. The van der Waals surface area contributed by atoms with Crippen molar-refractivity contribution in [2.75, 3.05) is 26.4 Å². The van der Waals surface area contributed by atoms with Crippen LogP contribution in [-0.4, -0.2) is 62.5 Å². The van der Waals surface area contributed by atoms with Gasteiger partial charge in [0.15, 0.2) is 0 Å². The van der Waals surface area contributed by atoms with Gasteiger partial charge in [-0.25, -0.2) is 19.2 Å². The highest BCUT2D eigenvalue weighted by molar-refractivity contribution is 5.94. The summed E-state index contributed by atoms with van der Waals surface area (Å²) >= 11 is 0. The molecule has 0 heterocycles. The van der Waals surface area contributed by atoms with Crippen LogP contribution in [0.25, 0.3) is 11.1 Å². The van der Waals surface area contributed by atoms with E-state index in [2.05, 4.69) is 0 Å². The van der Waals surface area contributed by atoms with Gasteiger partial charge in [-0.2, -0.15) is 0 Å². The Labute approximate surface area is 372 Å². The molecule has 0 radical (unpaired) electrons. The molecule has 0 bridgehead atoms. The molecule has 0 aliphatic carbocycles. The molecular weight excluding hydrogens is 817 g/mol. The van der Waals surface area contributed by atoms with Crippen LogP contribution in [0.1, 0.15) is 82.0 Å². The molecule has 0 spiro atoms. The zero-order chi connectivity index (χ0) is 45.3. The topological polar surface area (TPSA) is 142 Å². The molecule has 0 saturated heterocycles. The van der Waals surface area contributed by atoms with Crippen LogP contribution in [0.15, 0.2) is 146 Å². The lowest BCUT2D eigenvalue weighted by Crippen LogP contribution is -2.13. The minimum atomic E-state index is -0.578. The van der Waals surface area contributed by atoms with Crippen LogP contribution in [0.3, 0.4) is 0 Å². The molecule has 12 nitrogen and oxygen atoms in total. The maximum Gasteiger partial charge on any atom is 0.343 e. The summed E-state index contributed by atoms with van der Waals surface area (Å²) in [5, 5.41) is 0. The standard InChI is InChI=1S/C52H50O12/c1-5-57-35(3)31-33-59-43-19-11-39(12-20-43)49(53)63-47-27-15-41(16-28-47)51(55)61-45-23-7-37(8-24-45)38-9-25-46(26-10-38)62-52(56)42-17-29-48(30-18-42)64-50(54)40-13-21-44(22-14-40)60-34-32-36(4)58-6-2/h7-30,35-36H,5-6,31-34H2,1-4H3. The van der Waals surface area contributed by atoms with Crippen LogP contribution < -0.4 is 28.4 Å². The second-order valence-corrected chi connectivity index (χ2v) is 14.5. The molecular formula is C52H50O12. The normalized spacial score (nSPS) is 11.8. The van der Waals surface area contributed by atoms with E-state index in [0.717, 1.165) is 24.0 Å². The van der Waals surface area contributed by atoms with Gasteiger partial charge in [-0.3, -0.25) is 0 Å². The summed E-state index contributed by atoms with van der Waals surface area (Å²) < 4.78 is 44.6. The lowest BCUT2D eigenvalue weighted by atomic mass is 10.1. The fourth-order valence-corrected chi connectivity index (χ4v) is 6.21. The van der Waals surface area contributed by atoms with Crippen molar-refractivity contribution in [2.24, 2.45) is 0 Å². The molecule has 0 amide bonds. The molecule has 0 fully saturated rings. The molecule has 0 aromatic heterocycles. The molecule has 0 aliphatic rings. The van der Waals surface area contributed by atoms with Crippen molar-refractivity contribution in [3.05, 3.63) is 168 Å². The van der Waals surface area contributed by atoms with Crippen LogP contribution in [0, 0.1) is 0 Å². The van der Waals surface area contributed by atoms with Gasteiger partial charge in [0.25, 0.3) is 0 Å². The monoisotopic (exact) mass is 866 g/mol. The molecule has 0 aliphatic heterocycles. The van der Waals surface area contributed by atoms with Gasteiger partial charge in [-0.05, 0) is 160 Å². The summed E-state index contributed by atoms with van der Waals surface area (Å²) in [5.41, 5.74) is 2.94. The third-order valence-electron chi connectivity index (χ3n) is 9.73. The number of benzene rings is 6. The smallest absolute Gasteiger partial charge is 0.343 e. The first kappa shape index (κ1) is 46.2. The van der Waals surface area contributed by atoms with Crippen molar-refractivity contribution in [1.82, 2.24) is 0 Å². The predicted molar refractivity (Wildman–Crippen MR) is 240 cm³/mol. The van der Waals surface area contributed by atoms with E-state index < -0.39 is 23.9 Å². The first-order chi connectivity index (χ1) is 31.1.